The summed E-state index contributed by atoms with van der Waals surface area (Å²) in [6, 6.07) is 4.15. The van der Waals surface area contributed by atoms with Crippen molar-refractivity contribution >= 4 is 11.6 Å². The van der Waals surface area contributed by atoms with Gasteiger partial charge in [0.15, 0.2) is 17.6 Å². The van der Waals surface area contributed by atoms with Crippen LogP contribution in [0.3, 0.4) is 0 Å². The van der Waals surface area contributed by atoms with Crippen LogP contribution in [0.4, 0.5) is 14.5 Å². The summed E-state index contributed by atoms with van der Waals surface area (Å²) >= 11 is 0. The van der Waals surface area contributed by atoms with Crippen molar-refractivity contribution in [2.45, 2.75) is 26.2 Å². The summed E-state index contributed by atoms with van der Waals surface area (Å²) < 4.78 is 26.5. The molecule has 138 valence electrons. The van der Waals surface area contributed by atoms with Gasteiger partial charge in [-0.05, 0) is 43.2 Å². The van der Waals surface area contributed by atoms with Crippen molar-refractivity contribution in [3.8, 4) is 0 Å². The third-order valence-electron chi connectivity index (χ3n) is 5.40. The fraction of sp³-hybridized carbons (Fsp3) is 0.632. The summed E-state index contributed by atoms with van der Waals surface area (Å²) in [5.41, 5.74) is 0.760. The van der Waals surface area contributed by atoms with E-state index in [0.29, 0.717) is 5.92 Å². The second-order valence-electron chi connectivity index (χ2n) is 7.30. The number of hydrogen-bond donors (Lipinski definition) is 1. The lowest BCUT2D eigenvalue weighted by molar-refractivity contribution is 0.272. The van der Waals surface area contributed by atoms with Gasteiger partial charge in [-0.1, -0.05) is 6.92 Å². The Morgan fingerprint density at radius 2 is 1.92 bits per heavy atom. The second-order valence-corrected chi connectivity index (χ2v) is 7.30. The van der Waals surface area contributed by atoms with E-state index in [1.807, 2.05) is 7.05 Å². The Hall–Kier alpha value is -1.85. The van der Waals surface area contributed by atoms with Crippen molar-refractivity contribution in [1.29, 1.82) is 0 Å². The van der Waals surface area contributed by atoms with Crippen molar-refractivity contribution in [1.82, 2.24) is 10.2 Å². The molecule has 1 atom stereocenters. The molecule has 0 saturated carbocycles. The predicted molar refractivity (Wildman–Crippen MR) is 98.0 cm³/mol. The predicted octanol–water partition coefficient (Wildman–Crippen LogP) is 3.10. The van der Waals surface area contributed by atoms with E-state index in [0.717, 1.165) is 56.7 Å². The van der Waals surface area contributed by atoms with Crippen LogP contribution in [0, 0.1) is 23.5 Å². The van der Waals surface area contributed by atoms with E-state index in [-0.39, 0.29) is 0 Å². The fourth-order valence-corrected chi connectivity index (χ4v) is 3.70. The second kappa shape index (κ2) is 8.02. The molecule has 0 bridgehead atoms. The molecule has 0 spiro atoms. The number of likely N-dealkylation sites (tertiary alicyclic amines) is 1. The van der Waals surface area contributed by atoms with Crippen LogP contribution in [0.15, 0.2) is 23.2 Å². The third kappa shape index (κ3) is 4.41. The van der Waals surface area contributed by atoms with Gasteiger partial charge in [0.1, 0.15) is 0 Å². The van der Waals surface area contributed by atoms with Crippen molar-refractivity contribution in [3.63, 3.8) is 0 Å². The van der Waals surface area contributed by atoms with Crippen LogP contribution in [-0.2, 0) is 0 Å². The lowest BCUT2D eigenvalue weighted by atomic mass is 9.99. The van der Waals surface area contributed by atoms with Gasteiger partial charge >= 0.3 is 0 Å². The number of anilines is 1. The number of hydrogen-bond acceptors (Lipinski definition) is 2. The molecule has 2 aliphatic heterocycles. The fourth-order valence-electron chi connectivity index (χ4n) is 3.70. The summed E-state index contributed by atoms with van der Waals surface area (Å²) in [6.07, 6.45) is 3.47. The molecule has 2 heterocycles. The normalized spacial score (nSPS) is 22.6. The quantitative estimate of drug-likeness (QED) is 0.671. The molecule has 25 heavy (non-hydrogen) atoms. The molecule has 3 rings (SSSR count). The van der Waals surface area contributed by atoms with Crippen molar-refractivity contribution in [2.75, 3.05) is 44.7 Å². The molecule has 1 aromatic carbocycles. The van der Waals surface area contributed by atoms with Crippen LogP contribution in [0.1, 0.15) is 26.2 Å². The van der Waals surface area contributed by atoms with Gasteiger partial charge in [-0.2, -0.15) is 0 Å². The van der Waals surface area contributed by atoms with Gasteiger partial charge in [-0.3, -0.25) is 4.99 Å². The van der Waals surface area contributed by atoms with Gasteiger partial charge in [0.25, 0.3) is 0 Å². The van der Waals surface area contributed by atoms with Crippen LogP contribution in [0.2, 0.25) is 0 Å². The first-order valence-electron chi connectivity index (χ1n) is 9.22. The Balaban J connectivity index is 1.50. The monoisotopic (exact) mass is 350 g/mol. The zero-order valence-electron chi connectivity index (χ0n) is 15.1. The summed E-state index contributed by atoms with van der Waals surface area (Å²) in [5.74, 6) is 0.695. The molecule has 1 N–H and O–H groups in total. The Morgan fingerprint density at radius 1 is 1.16 bits per heavy atom. The van der Waals surface area contributed by atoms with Crippen LogP contribution in [-0.4, -0.2) is 50.6 Å². The minimum atomic E-state index is -0.791. The lowest BCUT2D eigenvalue weighted by Gasteiger charge is -2.33. The number of guanidine groups is 1. The summed E-state index contributed by atoms with van der Waals surface area (Å²) in [7, 11) is 1.84. The van der Waals surface area contributed by atoms with Gasteiger partial charge in [0.2, 0.25) is 0 Å². The van der Waals surface area contributed by atoms with E-state index in [1.54, 1.807) is 6.07 Å². The molecule has 6 heteroatoms. The molecule has 0 aliphatic carbocycles. The molecule has 0 radical (unpaired) electrons. The zero-order valence-corrected chi connectivity index (χ0v) is 15.1. The van der Waals surface area contributed by atoms with E-state index in [4.69, 9.17) is 0 Å². The standard InChI is InChI=1S/C19H28F2N4/c1-14-5-8-24(9-6-14)19(22-2)23-12-15-7-10-25(13-15)16-3-4-17(20)18(21)11-16/h3-4,11,14-15H,5-10,12-13H2,1-2H3,(H,22,23). The van der Waals surface area contributed by atoms with E-state index in [1.165, 1.54) is 25.0 Å². The van der Waals surface area contributed by atoms with Gasteiger partial charge in [-0.15, -0.1) is 0 Å². The summed E-state index contributed by atoms with van der Waals surface area (Å²) in [6.45, 7) is 7.01. The minimum absolute atomic E-state index is 0.480. The van der Waals surface area contributed by atoms with Gasteiger partial charge < -0.3 is 15.1 Å². The molecule has 1 unspecified atom stereocenters. The van der Waals surface area contributed by atoms with Gasteiger partial charge in [0, 0.05) is 51.5 Å². The molecule has 0 aromatic heterocycles. The maximum atomic E-state index is 13.4. The van der Waals surface area contributed by atoms with Crippen molar-refractivity contribution < 1.29 is 8.78 Å². The number of nitrogens with zero attached hydrogens (tertiary/aromatic N) is 3. The molecular formula is C19H28F2N4. The van der Waals surface area contributed by atoms with E-state index >= 15 is 0 Å². The zero-order chi connectivity index (χ0) is 17.8. The largest absolute Gasteiger partial charge is 0.371 e. The van der Waals surface area contributed by atoms with E-state index < -0.39 is 11.6 Å². The average molecular weight is 350 g/mol. The molecule has 2 fully saturated rings. The Labute approximate surface area is 148 Å². The van der Waals surface area contributed by atoms with Crippen molar-refractivity contribution in [3.05, 3.63) is 29.8 Å². The molecule has 1 aromatic rings. The third-order valence-corrected chi connectivity index (χ3v) is 5.40. The van der Waals surface area contributed by atoms with E-state index in [9.17, 15) is 8.78 Å². The van der Waals surface area contributed by atoms with Gasteiger partial charge in [0.05, 0.1) is 0 Å². The van der Waals surface area contributed by atoms with Gasteiger partial charge in [-0.25, -0.2) is 8.78 Å². The van der Waals surface area contributed by atoms with E-state index in [2.05, 4.69) is 27.0 Å². The van der Waals surface area contributed by atoms with Crippen LogP contribution in [0.5, 0.6) is 0 Å². The highest BCUT2D eigenvalue weighted by molar-refractivity contribution is 5.80. The topological polar surface area (TPSA) is 30.9 Å². The minimum Gasteiger partial charge on any atom is -0.371 e. The molecule has 0 amide bonds. The highest BCUT2D eigenvalue weighted by Gasteiger charge is 2.25. The van der Waals surface area contributed by atoms with Crippen molar-refractivity contribution in [2.24, 2.45) is 16.8 Å². The molecule has 4 nitrogen and oxygen atoms in total. The highest BCUT2D eigenvalue weighted by atomic mass is 19.2. The molecule has 2 aliphatic rings. The first-order valence-corrected chi connectivity index (χ1v) is 9.22. The smallest absolute Gasteiger partial charge is 0.193 e. The maximum Gasteiger partial charge on any atom is 0.193 e. The Kier molecular flexibility index (Phi) is 5.76. The number of aliphatic imine (C=N–C) groups is 1. The Morgan fingerprint density at radius 3 is 2.60 bits per heavy atom. The first kappa shape index (κ1) is 18.0. The van der Waals surface area contributed by atoms with Crippen LogP contribution < -0.4 is 10.2 Å². The summed E-state index contributed by atoms with van der Waals surface area (Å²) in [4.78, 5) is 8.88. The number of halogens is 2. The number of rotatable bonds is 3. The number of piperidine rings is 1. The number of benzene rings is 1. The average Bonchev–Trinajstić information content (AvgIpc) is 3.08. The Bertz CT molecular complexity index is 611. The molecule has 2 saturated heterocycles. The maximum absolute atomic E-state index is 13.4. The van der Waals surface area contributed by atoms with Crippen LogP contribution in [0.25, 0.3) is 0 Å². The first-order chi connectivity index (χ1) is 12.1. The highest BCUT2D eigenvalue weighted by Crippen LogP contribution is 2.25. The number of nitrogens with one attached hydrogen (secondary N) is 1. The lowest BCUT2D eigenvalue weighted by Crippen LogP contribution is -2.46. The molecular weight excluding hydrogens is 322 g/mol. The SMILES string of the molecule is CN=C(NCC1CCN(c2ccc(F)c(F)c2)C1)N1CCC(C)CC1. The summed E-state index contributed by atoms with van der Waals surface area (Å²) in [5, 5.41) is 3.50. The van der Waals surface area contributed by atoms with Crippen LogP contribution >= 0.6 is 0 Å².